The van der Waals surface area contributed by atoms with E-state index in [1.807, 2.05) is 35.7 Å². The highest BCUT2D eigenvalue weighted by Gasteiger charge is 2.15. The van der Waals surface area contributed by atoms with Crippen LogP contribution in [0.2, 0.25) is 0 Å². The summed E-state index contributed by atoms with van der Waals surface area (Å²) in [4.78, 5) is 12.6. The molecule has 0 bridgehead atoms. The second-order valence-electron chi connectivity index (χ2n) is 4.13. The highest BCUT2D eigenvalue weighted by molar-refractivity contribution is 7.08. The van der Waals surface area contributed by atoms with E-state index >= 15 is 0 Å². The summed E-state index contributed by atoms with van der Waals surface area (Å²) in [5.74, 6) is 0.508. The van der Waals surface area contributed by atoms with Gasteiger partial charge in [0.15, 0.2) is 11.5 Å². The summed E-state index contributed by atoms with van der Waals surface area (Å²) in [6.45, 7) is 2.25. The number of rotatable bonds is 4. The molecule has 3 rings (SSSR count). The highest BCUT2D eigenvalue weighted by Crippen LogP contribution is 2.11. The van der Waals surface area contributed by atoms with Crippen molar-refractivity contribution >= 4 is 23.1 Å². The molecule has 0 radical (unpaired) electrons. The average molecular weight is 288 g/mol. The number of carbonyl (C=O) groups is 1. The fourth-order valence-electron chi connectivity index (χ4n) is 1.86. The normalized spacial score (nSPS) is 10.8. The highest BCUT2D eigenvalue weighted by atomic mass is 32.1. The summed E-state index contributed by atoms with van der Waals surface area (Å²) in [5.41, 5.74) is 1.48. The molecule has 0 aromatic carbocycles. The van der Waals surface area contributed by atoms with Crippen molar-refractivity contribution in [3.05, 3.63) is 40.8 Å². The van der Waals surface area contributed by atoms with Crippen molar-refractivity contribution in [1.82, 2.24) is 29.5 Å². The molecule has 1 N–H and O–H groups in total. The van der Waals surface area contributed by atoms with Crippen molar-refractivity contribution in [2.45, 2.75) is 19.9 Å². The zero-order valence-electron chi connectivity index (χ0n) is 10.8. The molecule has 8 heteroatoms. The van der Waals surface area contributed by atoms with Crippen molar-refractivity contribution in [3.63, 3.8) is 0 Å². The van der Waals surface area contributed by atoms with Crippen LogP contribution in [0.15, 0.2) is 24.4 Å². The number of hydrogen-bond donors (Lipinski definition) is 1. The van der Waals surface area contributed by atoms with Gasteiger partial charge < -0.3 is 5.32 Å². The fraction of sp³-hybridized carbons (Fsp3) is 0.250. The lowest BCUT2D eigenvalue weighted by Gasteiger charge is -2.02. The second kappa shape index (κ2) is 5.33. The van der Waals surface area contributed by atoms with Gasteiger partial charge in [-0.25, -0.2) is 0 Å². The quantitative estimate of drug-likeness (QED) is 0.776. The van der Waals surface area contributed by atoms with Gasteiger partial charge in [0.25, 0.3) is 5.91 Å². The van der Waals surface area contributed by atoms with Gasteiger partial charge in [0, 0.05) is 6.20 Å². The van der Waals surface area contributed by atoms with E-state index in [1.54, 1.807) is 0 Å². The van der Waals surface area contributed by atoms with Crippen LogP contribution in [0.25, 0.3) is 5.65 Å². The van der Waals surface area contributed by atoms with Gasteiger partial charge >= 0.3 is 0 Å². The number of amides is 1. The van der Waals surface area contributed by atoms with Gasteiger partial charge in [-0.2, -0.15) is 0 Å². The molecule has 0 aliphatic heterocycles. The molecule has 0 fully saturated rings. The van der Waals surface area contributed by atoms with Crippen LogP contribution in [-0.4, -0.2) is 30.1 Å². The SMILES string of the molecule is CCc1nnsc1C(=O)NCc1nnc2ccccn12. The first kappa shape index (κ1) is 12.7. The van der Waals surface area contributed by atoms with Gasteiger partial charge in [-0.15, -0.1) is 15.3 Å². The Bertz CT molecular complexity index is 749. The van der Waals surface area contributed by atoms with E-state index in [-0.39, 0.29) is 5.91 Å². The number of pyridine rings is 1. The van der Waals surface area contributed by atoms with E-state index in [4.69, 9.17) is 0 Å². The minimum atomic E-state index is -0.176. The Morgan fingerprint density at radius 3 is 3.10 bits per heavy atom. The summed E-state index contributed by atoms with van der Waals surface area (Å²) >= 11 is 1.11. The van der Waals surface area contributed by atoms with Gasteiger partial charge in [-0.1, -0.05) is 17.5 Å². The maximum Gasteiger partial charge on any atom is 0.265 e. The molecule has 0 unspecified atom stereocenters. The molecule has 7 nitrogen and oxygen atoms in total. The molecular formula is C12H12N6OS. The molecular weight excluding hydrogens is 276 g/mol. The number of aromatic nitrogens is 5. The number of aryl methyl sites for hydroxylation is 1. The minimum Gasteiger partial charge on any atom is -0.344 e. The van der Waals surface area contributed by atoms with Crippen molar-refractivity contribution in [1.29, 1.82) is 0 Å². The third kappa shape index (κ3) is 2.25. The standard InChI is InChI=1S/C12H12N6OS/c1-2-8-11(20-17-14-8)12(19)13-7-10-16-15-9-5-3-4-6-18(9)10/h3-6H,2,7H2,1H3,(H,13,19). The van der Waals surface area contributed by atoms with E-state index < -0.39 is 0 Å². The molecule has 20 heavy (non-hydrogen) atoms. The van der Waals surface area contributed by atoms with Crippen molar-refractivity contribution in [3.8, 4) is 0 Å². The molecule has 3 aromatic rings. The third-order valence-corrected chi connectivity index (χ3v) is 3.66. The van der Waals surface area contributed by atoms with Gasteiger partial charge in [-0.05, 0) is 30.1 Å². The predicted molar refractivity (Wildman–Crippen MR) is 73.4 cm³/mol. The van der Waals surface area contributed by atoms with Crippen molar-refractivity contribution in [2.24, 2.45) is 0 Å². The molecule has 3 aromatic heterocycles. The summed E-state index contributed by atoms with van der Waals surface area (Å²) in [7, 11) is 0. The van der Waals surface area contributed by atoms with Crippen LogP contribution in [0.1, 0.15) is 28.1 Å². The Morgan fingerprint density at radius 2 is 2.25 bits per heavy atom. The Kier molecular flexibility index (Phi) is 3.38. The van der Waals surface area contributed by atoms with E-state index in [1.165, 1.54) is 0 Å². The lowest BCUT2D eigenvalue weighted by Crippen LogP contribution is -2.24. The second-order valence-corrected chi connectivity index (χ2v) is 4.88. The Hall–Kier alpha value is -2.35. The van der Waals surface area contributed by atoms with Crippen LogP contribution in [0.5, 0.6) is 0 Å². The summed E-state index contributed by atoms with van der Waals surface area (Å²) in [6.07, 6.45) is 2.55. The summed E-state index contributed by atoms with van der Waals surface area (Å²) in [6, 6.07) is 5.65. The first-order chi connectivity index (χ1) is 9.79. The van der Waals surface area contributed by atoms with Crippen molar-refractivity contribution in [2.75, 3.05) is 0 Å². The zero-order valence-corrected chi connectivity index (χ0v) is 11.6. The minimum absolute atomic E-state index is 0.176. The molecule has 0 saturated heterocycles. The molecule has 0 saturated carbocycles. The lowest BCUT2D eigenvalue weighted by atomic mass is 10.3. The van der Waals surface area contributed by atoms with E-state index in [0.29, 0.717) is 23.7 Å². The van der Waals surface area contributed by atoms with Gasteiger partial charge in [0.2, 0.25) is 0 Å². The topological polar surface area (TPSA) is 85.1 Å². The Labute approximate surface area is 118 Å². The van der Waals surface area contributed by atoms with Crippen LogP contribution in [0, 0.1) is 0 Å². The van der Waals surface area contributed by atoms with E-state index in [9.17, 15) is 4.79 Å². The first-order valence-corrected chi connectivity index (χ1v) is 6.95. The monoisotopic (exact) mass is 288 g/mol. The molecule has 3 heterocycles. The number of fused-ring (bicyclic) bond motifs is 1. The number of nitrogens with one attached hydrogen (secondary N) is 1. The molecule has 102 valence electrons. The Balaban J connectivity index is 1.75. The molecule has 0 spiro atoms. The average Bonchev–Trinajstić information content (AvgIpc) is 3.11. The van der Waals surface area contributed by atoms with Gasteiger partial charge in [0.1, 0.15) is 4.88 Å². The Morgan fingerprint density at radius 1 is 1.35 bits per heavy atom. The largest absolute Gasteiger partial charge is 0.344 e. The molecule has 0 aliphatic rings. The van der Waals surface area contributed by atoms with Crippen LogP contribution in [0.4, 0.5) is 0 Å². The summed E-state index contributed by atoms with van der Waals surface area (Å²) in [5, 5.41) is 14.8. The van der Waals surface area contributed by atoms with Crippen LogP contribution in [0.3, 0.4) is 0 Å². The molecule has 0 atom stereocenters. The summed E-state index contributed by atoms with van der Waals surface area (Å²) < 4.78 is 5.65. The number of hydrogen-bond acceptors (Lipinski definition) is 6. The molecule has 0 aliphatic carbocycles. The maximum absolute atomic E-state index is 12.1. The van der Waals surface area contributed by atoms with Gasteiger partial charge in [0.05, 0.1) is 12.2 Å². The number of carbonyl (C=O) groups excluding carboxylic acids is 1. The third-order valence-electron chi connectivity index (χ3n) is 2.89. The molecule has 1 amide bonds. The van der Waals surface area contributed by atoms with E-state index in [0.717, 1.165) is 22.9 Å². The van der Waals surface area contributed by atoms with E-state index in [2.05, 4.69) is 25.1 Å². The zero-order chi connectivity index (χ0) is 13.9. The van der Waals surface area contributed by atoms with Crippen LogP contribution < -0.4 is 5.32 Å². The van der Waals surface area contributed by atoms with Gasteiger partial charge in [-0.3, -0.25) is 9.20 Å². The smallest absolute Gasteiger partial charge is 0.265 e. The van der Waals surface area contributed by atoms with Crippen LogP contribution >= 0.6 is 11.5 Å². The van der Waals surface area contributed by atoms with Crippen LogP contribution in [-0.2, 0) is 13.0 Å². The maximum atomic E-state index is 12.1. The fourth-order valence-corrected chi connectivity index (χ4v) is 2.53. The first-order valence-electron chi connectivity index (χ1n) is 6.17. The predicted octanol–water partition coefficient (Wildman–Crippen LogP) is 1.07. The van der Waals surface area contributed by atoms with Crippen molar-refractivity contribution < 1.29 is 4.79 Å². The lowest BCUT2D eigenvalue weighted by molar-refractivity contribution is 0.0952. The number of nitrogens with zero attached hydrogens (tertiary/aromatic N) is 5.